The molecule has 0 aliphatic rings. The fourth-order valence-electron chi connectivity index (χ4n) is 1.53. The monoisotopic (exact) mass is 259 g/mol. The first-order valence-electron chi connectivity index (χ1n) is 5.43. The summed E-state index contributed by atoms with van der Waals surface area (Å²) in [5, 5.41) is 18.4. The van der Waals surface area contributed by atoms with E-state index >= 15 is 0 Å². The highest BCUT2D eigenvalue weighted by Crippen LogP contribution is 2.24. The SMILES string of the molecule is CCCN(CCO)S(=O)(=O)c1ccccc1O. The average Bonchev–Trinajstić information content (AvgIpc) is 2.29. The third-order valence-electron chi connectivity index (χ3n) is 2.31. The lowest BCUT2D eigenvalue weighted by molar-refractivity contribution is 0.253. The molecule has 0 unspecified atom stereocenters. The van der Waals surface area contributed by atoms with Gasteiger partial charge in [-0.1, -0.05) is 19.1 Å². The molecule has 0 amide bonds. The maximum Gasteiger partial charge on any atom is 0.246 e. The van der Waals surface area contributed by atoms with Gasteiger partial charge in [-0.25, -0.2) is 8.42 Å². The lowest BCUT2D eigenvalue weighted by atomic mass is 10.3. The van der Waals surface area contributed by atoms with Crippen molar-refractivity contribution in [3.8, 4) is 5.75 Å². The van der Waals surface area contributed by atoms with Crippen LogP contribution in [0.2, 0.25) is 0 Å². The first-order valence-corrected chi connectivity index (χ1v) is 6.87. The highest BCUT2D eigenvalue weighted by atomic mass is 32.2. The van der Waals surface area contributed by atoms with Crippen molar-refractivity contribution in [2.75, 3.05) is 19.7 Å². The molecule has 1 aromatic carbocycles. The topological polar surface area (TPSA) is 77.8 Å². The smallest absolute Gasteiger partial charge is 0.246 e. The van der Waals surface area contributed by atoms with Gasteiger partial charge in [-0.3, -0.25) is 0 Å². The van der Waals surface area contributed by atoms with Crippen LogP contribution in [0.3, 0.4) is 0 Å². The molecule has 17 heavy (non-hydrogen) atoms. The van der Waals surface area contributed by atoms with E-state index in [1.54, 1.807) is 12.1 Å². The number of phenols is 1. The molecule has 1 aromatic rings. The minimum absolute atomic E-state index is 0.0322. The van der Waals surface area contributed by atoms with Gasteiger partial charge in [0.05, 0.1) is 6.61 Å². The van der Waals surface area contributed by atoms with Gasteiger partial charge in [0.2, 0.25) is 10.0 Å². The summed E-state index contributed by atoms with van der Waals surface area (Å²) in [5.74, 6) is -0.272. The highest BCUT2D eigenvalue weighted by Gasteiger charge is 2.25. The van der Waals surface area contributed by atoms with Gasteiger partial charge in [-0.15, -0.1) is 0 Å². The van der Waals surface area contributed by atoms with Gasteiger partial charge < -0.3 is 10.2 Å². The first kappa shape index (κ1) is 14.0. The van der Waals surface area contributed by atoms with Crippen LogP contribution in [0.4, 0.5) is 0 Å². The second-order valence-corrected chi connectivity index (χ2v) is 5.50. The van der Waals surface area contributed by atoms with Gasteiger partial charge in [0.15, 0.2) is 0 Å². The molecular weight excluding hydrogens is 242 g/mol. The molecule has 0 bridgehead atoms. The Labute approximate surface area is 101 Å². The van der Waals surface area contributed by atoms with Crippen molar-refractivity contribution in [3.05, 3.63) is 24.3 Å². The molecule has 0 fully saturated rings. The number of aromatic hydroxyl groups is 1. The molecule has 0 radical (unpaired) electrons. The highest BCUT2D eigenvalue weighted by molar-refractivity contribution is 7.89. The minimum Gasteiger partial charge on any atom is -0.507 e. The van der Waals surface area contributed by atoms with Crippen molar-refractivity contribution in [2.45, 2.75) is 18.2 Å². The van der Waals surface area contributed by atoms with Crippen LogP contribution in [0.25, 0.3) is 0 Å². The number of hydrogen-bond acceptors (Lipinski definition) is 4. The third kappa shape index (κ3) is 3.18. The second-order valence-electron chi connectivity index (χ2n) is 3.60. The number of hydrogen-bond donors (Lipinski definition) is 2. The Bertz CT molecular complexity index is 452. The average molecular weight is 259 g/mol. The molecule has 0 aliphatic carbocycles. The van der Waals surface area contributed by atoms with E-state index in [0.717, 1.165) is 0 Å². The maximum atomic E-state index is 12.2. The predicted octanol–water partition coefficient (Wildman–Crippen LogP) is 0.785. The molecule has 0 aromatic heterocycles. The normalized spacial score (nSPS) is 11.9. The molecule has 0 saturated carbocycles. The summed E-state index contributed by atoms with van der Waals surface area (Å²) in [7, 11) is -3.73. The van der Waals surface area contributed by atoms with E-state index in [-0.39, 0.29) is 23.8 Å². The van der Waals surface area contributed by atoms with Crippen LogP contribution in [-0.4, -0.2) is 42.6 Å². The largest absolute Gasteiger partial charge is 0.507 e. The summed E-state index contributed by atoms with van der Waals surface area (Å²) in [6, 6.07) is 5.79. The number of aliphatic hydroxyl groups excluding tert-OH is 1. The molecule has 5 nitrogen and oxygen atoms in total. The van der Waals surface area contributed by atoms with Crippen LogP contribution in [-0.2, 0) is 10.0 Å². The standard InChI is InChI=1S/C11H17NO4S/c1-2-7-12(8-9-13)17(15,16)11-6-4-3-5-10(11)14/h3-6,13-14H,2,7-9H2,1H3. The number of sulfonamides is 1. The number of benzene rings is 1. The van der Waals surface area contributed by atoms with Crippen molar-refractivity contribution in [1.29, 1.82) is 0 Å². The molecule has 0 atom stereocenters. The molecule has 0 aliphatic heterocycles. The summed E-state index contributed by atoms with van der Waals surface area (Å²) in [6.07, 6.45) is 0.646. The van der Waals surface area contributed by atoms with E-state index < -0.39 is 10.0 Å². The molecule has 0 spiro atoms. The summed E-state index contributed by atoms with van der Waals surface area (Å²) >= 11 is 0. The lowest BCUT2D eigenvalue weighted by Gasteiger charge is -2.20. The third-order valence-corrected chi connectivity index (χ3v) is 4.25. The fraction of sp³-hybridized carbons (Fsp3) is 0.455. The Morgan fingerprint density at radius 1 is 1.24 bits per heavy atom. The van der Waals surface area contributed by atoms with Crippen LogP contribution in [0.1, 0.15) is 13.3 Å². The Morgan fingerprint density at radius 3 is 2.41 bits per heavy atom. The molecule has 96 valence electrons. The lowest BCUT2D eigenvalue weighted by Crippen LogP contribution is -2.34. The molecular formula is C11H17NO4S. The van der Waals surface area contributed by atoms with E-state index in [9.17, 15) is 13.5 Å². The summed E-state index contributed by atoms with van der Waals surface area (Å²) in [5.41, 5.74) is 0. The zero-order valence-corrected chi connectivity index (χ0v) is 10.5. The molecule has 1 rings (SSSR count). The fourth-order valence-corrected chi connectivity index (χ4v) is 3.13. The summed E-state index contributed by atoms with van der Waals surface area (Å²) in [6.45, 7) is 1.96. The zero-order chi connectivity index (χ0) is 12.9. The second kappa shape index (κ2) is 6.00. The number of nitrogens with zero attached hydrogens (tertiary/aromatic N) is 1. The Hall–Kier alpha value is -1.11. The van der Waals surface area contributed by atoms with E-state index in [2.05, 4.69) is 0 Å². The van der Waals surface area contributed by atoms with Gasteiger partial charge in [-0.2, -0.15) is 4.31 Å². The van der Waals surface area contributed by atoms with Crippen LogP contribution >= 0.6 is 0 Å². The molecule has 2 N–H and O–H groups in total. The maximum absolute atomic E-state index is 12.2. The molecule has 6 heteroatoms. The Morgan fingerprint density at radius 2 is 1.88 bits per heavy atom. The first-order chi connectivity index (χ1) is 8.04. The number of para-hydroxylation sites is 1. The van der Waals surface area contributed by atoms with Crippen LogP contribution in [0, 0.1) is 0 Å². The van der Waals surface area contributed by atoms with Crippen molar-refractivity contribution in [2.24, 2.45) is 0 Å². The zero-order valence-electron chi connectivity index (χ0n) is 9.70. The van der Waals surface area contributed by atoms with Gasteiger partial charge in [0, 0.05) is 13.1 Å². The predicted molar refractivity (Wildman–Crippen MR) is 64.2 cm³/mol. The Balaban J connectivity index is 3.12. The molecule has 0 saturated heterocycles. The van der Waals surface area contributed by atoms with Crippen LogP contribution in [0.5, 0.6) is 5.75 Å². The van der Waals surface area contributed by atoms with Crippen LogP contribution in [0.15, 0.2) is 29.2 Å². The van der Waals surface area contributed by atoms with Gasteiger partial charge >= 0.3 is 0 Å². The van der Waals surface area contributed by atoms with E-state index in [0.29, 0.717) is 13.0 Å². The van der Waals surface area contributed by atoms with Crippen LogP contribution < -0.4 is 0 Å². The quantitative estimate of drug-likeness (QED) is 0.791. The van der Waals surface area contributed by atoms with E-state index in [1.165, 1.54) is 16.4 Å². The van der Waals surface area contributed by atoms with E-state index in [1.807, 2.05) is 6.92 Å². The van der Waals surface area contributed by atoms with Crippen molar-refractivity contribution >= 4 is 10.0 Å². The van der Waals surface area contributed by atoms with Gasteiger partial charge in [0.1, 0.15) is 10.6 Å². The van der Waals surface area contributed by atoms with Crippen molar-refractivity contribution in [3.63, 3.8) is 0 Å². The van der Waals surface area contributed by atoms with Gasteiger partial charge in [0.25, 0.3) is 0 Å². The van der Waals surface area contributed by atoms with E-state index in [4.69, 9.17) is 5.11 Å². The minimum atomic E-state index is -3.73. The Kier molecular flexibility index (Phi) is 4.92. The number of aliphatic hydroxyl groups is 1. The number of rotatable bonds is 6. The summed E-state index contributed by atoms with van der Waals surface area (Å²) < 4.78 is 25.5. The van der Waals surface area contributed by atoms with Crippen molar-refractivity contribution in [1.82, 2.24) is 4.31 Å². The summed E-state index contributed by atoms with van der Waals surface area (Å²) in [4.78, 5) is -0.123. The number of phenolic OH excluding ortho intramolecular Hbond substituents is 1. The van der Waals surface area contributed by atoms with Crippen molar-refractivity contribution < 1.29 is 18.6 Å². The van der Waals surface area contributed by atoms with Gasteiger partial charge in [-0.05, 0) is 18.6 Å². The molecule has 0 heterocycles.